The molecule has 142 valence electrons. The summed E-state index contributed by atoms with van der Waals surface area (Å²) >= 11 is 0. The first-order valence-electron chi connectivity index (χ1n) is 9.64. The average molecular weight is 350 g/mol. The highest BCUT2D eigenvalue weighted by atomic mass is 16.5. The Morgan fingerprint density at radius 2 is 1.92 bits per heavy atom. The molecule has 3 rings (SSSR count). The Bertz CT molecular complexity index is 595. The van der Waals surface area contributed by atoms with Gasteiger partial charge >= 0.3 is 5.97 Å². The zero-order valence-electron chi connectivity index (χ0n) is 16.6. The van der Waals surface area contributed by atoms with Gasteiger partial charge in [0, 0.05) is 11.3 Å². The van der Waals surface area contributed by atoms with Crippen molar-refractivity contribution in [3.05, 3.63) is 11.6 Å². The van der Waals surface area contributed by atoms with E-state index in [0.717, 1.165) is 37.7 Å². The van der Waals surface area contributed by atoms with E-state index >= 15 is 0 Å². The third-order valence-corrected chi connectivity index (χ3v) is 7.54. The van der Waals surface area contributed by atoms with Crippen molar-refractivity contribution in [1.29, 1.82) is 0 Å². The summed E-state index contributed by atoms with van der Waals surface area (Å²) in [5, 5.41) is 10.9. The second-order valence-corrected chi connectivity index (χ2v) is 9.71. The Morgan fingerprint density at radius 1 is 1.24 bits per heavy atom. The van der Waals surface area contributed by atoms with Gasteiger partial charge in [-0.2, -0.15) is 0 Å². The van der Waals surface area contributed by atoms with Crippen LogP contribution in [0, 0.1) is 16.7 Å². The van der Waals surface area contributed by atoms with Crippen molar-refractivity contribution in [1.82, 2.24) is 0 Å². The van der Waals surface area contributed by atoms with Crippen molar-refractivity contribution in [3.8, 4) is 0 Å². The maximum Gasteiger partial charge on any atom is 0.308 e. The van der Waals surface area contributed by atoms with Crippen LogP contribution in [0.15, 0.2) is 11.6 Å². The number of hydrogen-bond donors (Lipinski definition) is 1. The van der Waals surface area contributed by atoms with Crippen LogP contribution in [-0.4, -0.2) is 35.5 Å². The molecule has 1 saturated carbocycles. The Labute approximate surface area is 152 Å². The number of rotatable bonds is 2. The van der Waals surface area contributed by atoms with Gasteiger partial charge in [0.25, 0.3) is 0 Å². The van der Waals surface area contributed by atoms with Gasteiger partial charge in [-0.05, 0) is 50.5 Å². The number of carbonyl (C=O) groups excluding carboxylic acids is 1. The summed E-state index contributed by atoms with van der Waals surface area (Å²) in [4.78, 5) is 11.9. The summed E-state index contributed by atoms with van der Waals surface area (Å²) in [5.41, 5.74) is 0.184. The largest absolute Gasteiger partial charge is 0.469 e. The Kier molecular flexibility index (Phi) is 4.40. The molecular formula is C21H34O4. The maximum absolute atomic E-state index is 11.9. The number of hydrogen-bond acceptors (Lipinski definition) is 4. The van der Waals surface area contributed by atoms with Gasteiger partial charge in [0.1, 0.15) is 0 Å². The summed E-state index contributed by atoms with van der Waals surface area (Å²) in [6.45, 7) is 11.0. The zero-order chi connectivity index (χ0) is 18.7. The normalized spacial score (nSPS) is 45.8. The van der Waals surface area contributed by atoms with Gasteiger partial charge in [0.2, 0.25) is 0 Å². The highest BCUT2D eigenvalue weighted by Gasteiger charge is 2.66. The quantitative estimate of drug-likeness (QED) is 0.604. The molecule has 1 heterocycles. The van der Waals surface area contributed by atoms with Crippen LogP contribution in [0.2, 0.25) is 0 Å². The summed E-state index contributed by atoms with van der Waals surface area (Å²) < 4.78 is 11.7. The number of aliphatic hydroxyl groups excluding tert-OH is 1. The average Bonchev–Trinajstić information content (AvgIpc) is 2.84. The van der Waals surface area contributed by atoms with Crippen LogP contribution in [0.3, 0.4) is 0 Å². The van der Waals surface area contributed by atoms with Crippen molar-refractivity contribution in [3.63, 3.8) is 0 Å². The minimum absolute atomic E-state index is 0.0708. The molecule has 2 aliphatic carbocycles. The fourth-order valence-electron chi connectivity index (χ4n) is 6.46. The van der Waals surface area contributed by atoms with Gasteiger partial charge < -0.3 is 14.6 Å². The minimum atomic E-state index is -0.500. The molecule has 3 aliphatic rings. The topological polar surface area (TPSA) is 55.8 Å². The van der Waals surface area contributed by atoms with Crippen LogP contribution in [0.1, 0.15) is 73.1 Å². The summed E-state index contributed by atoms with van der Waals surface area (Å²) in [6, 6.07) is 0. The van der Waals surface area contributed by atoms with Gasteiger partial charge in [-0.1, -0.05) is 33.3 Å². The molecule has 25 heavy (non-hydrogen) atoms. The minimum Gasteiger partial charge on any atom is -0.469 e. The highest BCUT2D eigenvalue weighted by Crippen LogP contribution is 2.66. The Balaban J connectivity index is 2.03. The van der Waals surface area contributed by atoms with E-state index in [-0.39, 0.29) is 29.1 Å². The van der Waals surface area contributed by atoms with Crippen molar-refractivity contribution in [2.75, 3.05) is 7.11 Å². The number of esters is 1. The molecule has 0 bridgehead atoms. The van der Waals surface area contributed by atoms with E-state index in [1.54, 1.807) is 0 Å². The first-order valence-corrected chi connectivity index (χ1v) is 9.64. The van der Waals surface area contributed by atoms with Crippen LogP contribution in [0.5, 0.6) is 0 Å². The van der Waals surface area contributed by atoms with E-state index < -0.39 is 17.3 Å². The molecule has 0 radical (unpaired) electrons. The molecule has 1 spiro atoms. The van der Waals surface area contributed by atoms with Crippen molar-refractivity contribution in [2.24, 2.45) is 16.7 Å². The highest BCUT2D eigenvalue weighted by molar-refractivity contribution is 5.70. The van der Waals surface area contributed by atoms with Crippen LogP contribution in [0.4, 0.5) is 0 Å². The van der Waals surface area contributed by atoms with Crippen molar-refractivity contribution in [2.45, 2.75) is 90.4 Å². The number of fused-ring (bicyclic) bond motifs is 2. The summed E-state index contributed by atoms with van der Waals surface area (Å²) in [7, 11) is 1.43. The van der Waals surface area contributed by atoms with Crippen molar-refractivity contribution < 1.29 is 19.4 Å². The SMILES string of the molecule is COC(=O)C[C@@]1(C)CC[C@@]2(O1)C(C)=C[C@H](O)[C@H]1C(C)(C)CCC[C@@]12C. The second kappa shape index (κ2) is 5.82. The predicted octanol–water partition coefficient (Wildman–Crippen LogP) is 4.01. The number of aliphatic hydroxyl groups is 1. The lowest BCUT2D eigenvalue weighted by molar-refractivity contribution is -0.209. The molecule has 0 aromatic carbocycles. The zero-order valence-corrected chi connectivity index (χ0v) is 16.6. The summed E-state index contributed by atoms with van der Waals surface area (Å²) in [5.74, 6) is -0.0550. The Hall–Kier alpha value is -0.870. The third kappa shape index (κ3) is 2.68. The van der Waals surface area contributed by atoms with Crippen LogP contribution >= 0.6 is 0 Å². The van der Waals surface area contributed by atoms with E-state index in [1.807, 2.05) is 13.0 Å². The lowest BCUT2D eigenvalue weighted by atomic mass is 9.46. The molecule has 4 heteroatoms. The summed E-state index contributed by atoms with van der Waals surface area (Å²) in [6.07, 6.45) is 6.95. The molecule has 0 amide bonds. The molecule has 0 aromatic rings. The first kappa shape index (κ1) is 18.9. The Morgan fingerprint density at radius 3 is 2.56 bits per heavy atom. The van der Waals surface area contributed by atoms with E-state index in [9.17, 15) is 9.90 Å². The molecule has 0 aromatic heterocycles. The van der Waals surface area contributed by atoms with Crippen LogP contribution in [-0.2, 0) is 14.3 Å². The standard InChI is InChI=1S/C21H34O4/c1-14-12-15(22)17-18(2,3)8-7-9-20(17,5)21(14)11-10-19(4,25-21)13-16(23)24-6/h12,15,17,22H,7-11,13H2,1-6H3/t15-,17-,19+,20-,21+/m0/s1. The number of methoxy groups -OCH3 is 1. The second-order valence-electron chi connectivity index (χ2n) is 9.71. The van der Waals surface area contributed by atoms with Gasteiger partial charge in [-0.3, -0.25) is 4.79 Å². The maximum atomic E-state index is 11.9. The number of carbonyl (C=O) groups is 1. The lowest BCUT2D eigenvalue weighted by Crippen LogP contribution is -2.63. The molecule has 4 nitrogen and oxygen atoms in total. The third-order valence-electron chi connectivity index (χ3n) is 7.54. The molecule has 1 saturated heterocycles. The molecule has 1 N–H and O–H groups in total. The smallest absolute Gasteiger partial charge is 0.308 e. The van der Waals surface area contributed by atoms with Gasteiger partial charge in [0.05, 0.1) is 30.8 Å². The predicted molar refractivity (Wildman–Crippen MR) is 97.1 cm³/mol. The monoisotopic (exact) mass is 350 g/mol. The molecule has 2 fully saturated rings. The fourth-order valence-corrected chi connectivity index (χ4v) is 6.46. The van der Waals surface area contributed by atoms with Crippen LogP contribution < -0.4 is 0 Å². The van der Waals surface area contributed by atoms with Crippen LogP contribution in [0.25, 0.3) is 0 Å². The molecule has 5 atom stereocenters. The van der Waals surface area contributed by atoms with Gasteiger partial charge in [-0.25, -0.2) is 0 Å². The molecular weight excluding hydrogens is 316 g/mol. The van der Waals surface area contributed by atoms with E-state index in [4.69, 9.17) is 9.47 Å². The van der Waals surface area contributed by atoms with Gasteiger partial charge in [0.15, 0.2) is 0 Å². The van der Waals surface area contributed by atoms with E-state index in [1.165, 1.54) is 7.11 Å². The molecule has 1 aliphatic heterocycles. The lowest BCUT2D eigenvalue weighted by Gasteiger charge is -2.62. The van der Waals surface area contributed by atoms with Crippen molar-refractivity contribution >= 4 is 5.97 Å². The molecule has 0 unspecified atom stereocenters. The first-order chi connectivity index (χ1) is 11.5. The fraction of sp³-hybridized carbons (Fsp3) is 0.857. The van der Waals surface area contributed by atoms with E-state index in [0.29, 0.717) is 0 Å². The number of ether oxygens (including phenoxy) is 2. The van der Waals surface area contributed by atoms with E-state index in [2.05, 4.69) is 27.7 Å². The van der Waals surface area contributed by atoms with Gasteiger partial charge in [-0.15, -0.1) is 0 Å².